The van der Waals surface area contributed by atoms with Crippen LogP contribution in [0.2, 0.25) is 5.02 Å². The Balaban J connectivity index is 1.40. The SMILES string of the molecule is CC(Sc1nnc(CN2CCCC2=O)o1)c1nc2cc(Cl)ccc2n1Cc1ccccc1. The highest BCUT2D eigenvalue weighted by atomic mass is 35.5. The van der Waals surface area contributed by atoms with Gasteiger partial charge in [-0.05, 0) is 37.1 Å². The molecule has 3 heterocycles. The van der Waals surface area contributed by atoms with Crippen molar-refractivity contribution < 1.29 is 9.21 Å². The zero-order valence-corrected chi connectivity index (χ0v) is 19.1. The minimum Gasteiger partial charge on any atom is -0.414 e. The first-order valence-electron chi connectivity index (χ1n) is 10.5. The maximum absolute atomic E-state index is 11.9. The van der Waals surface area contributed by atoms with Crippen molar-refractivity contribution in [3.63, 3.8) is 0 Å². The number of carbonyl (C=O) groups excluding carboxylic acids is 1. The summed E-state index contributed by atoms with van der Waals surface area (Å²) in [5, 5.41) is 9.40. The molecule has 1 aliphatic rings. The maximum Gasteiger partial charge on any atom is 0.277 e. The highest BCUT2D eigenvalue weighted by Gasteiger charge is 2.24. The minimum atomic E-state index is -0.0355. The van der Waals surface area contributed by atoms with Gasteiger partial charge in [-0.15, -0.1) is 10.2 Å². The molecule has 1 fully saturated rings. The van der Waals surface area contributed by atoms with E-state index in [2.05, 4.69) is 33.8 Å². The number of amides is 1. The van der Waals surface area contributed by atoms with E-state index in [-0.39, 0.29) is 11.2 Å². The lowest BCUT2D eigenvalue weighted by molar-refractivity contribution is -0.128. The normalized spacial score (nSPS) is 15.1. The Morgan fingerprint density at radius 2 is 2.00 bits per heavy atom. The van der Waals surface area contributed by atoms with Gasteiger partial charge in [-0.3, -0.25) is 4.79 Å². The van der Waals surface area contributed by atoms with E-state index in [0.29, 0.717) is 35.6 Å². The van der Waals surface area contributed by atoms with Crippen LogP contribution < -0.4 is 0 Å². The fraction of sp³-hybridized carbons (Fsp3) is 0.304. The first kappa shape index (κ1) is 21.0. The smallest absolute Gasteiger partial charge is 0.277 e. The summed E-state index contributed by atoms with van der Waals surface area (Å²) in [7, 11) is 0. The molecule has 9 heteroatoms. The Morgan fingerprint density at radius 1 is 1.16 bits per heavy atom. The third-order valence-corrected chi connectivity index (χ3v) is 6.68. The molecule has 32 heavy (non-hydrogen) atoms. The number of halogens is 1. The van der Waals surface area contributed by atoms with Crippen molar-refractivity contribution in [2.75, 3.05) is 6.54 Å². The lowest BCUT2D eigenvalue weighted by Crippen LogP contribution is -2.23. The molecular formula is C23H22ClN5O2S. The Hall–Kier alpha value is -2.84. The van der Waals surface area contributed by atoms with Crippen molar-refractivity contribution in [3.05, 3.63) is 70.8 Å². The van der Waals surface area contributed by atoms with E-state index < -0.39 is 0 Å². The molecule has 1 unspecified atom stereocenters. The van der Waals surface area contributed by atoms with Crippen LogP contribution in [-0.4, -0.2) is 37.1 Å². The quantitative estimate of drug-likeness (QED) is 0.352. The predicted molar refractivity (Wildman–Crippen MR) is 124 cm³/mol. The van der Waals surface area contributed by atoms with Gasteiger partial charge in [0.05, 0.1) is 22.8 Å². The van der Waals surface area contributed by atoms with E-state index in [0.717, 1.165) is 29.8 Å². The summed E-state index contributed by atoms with van der Waals surface area (Å²) < 4.78 is 8.03. The Bertz CT molecular complexity index is 1260. The topological polar surface area (TPSA) is 77.1 Å². The third kappa shape index (κ3) is 4.38. The van der Waals surface area contributed by atoms with Gasteiger partial charge in [-0.1, -0.05) is 53.7 Å². The highest BCUT2D eigenvalue weighted by molar-refractivity contribution is 7.99. The van der Waals surface area contributed by atoms with Crippen LogP contribution in [0.1, 0.15) is 42.3 Å². The number of nitrogens with zero attached hydrogens (tertiary/aromatic N) is 5. The van der Waals surface area contributed by atoms with E-state index in [1.165, 1.54) is 17.3 Å². The second kappa shape index (κ2) is 8.96. The molecule has 0 spiro atoms. The average molecular weight is 468 g/mol. The van der Waals surface area contributed by atoms with Gasteiger partial charge in [-0.2, -0.15) is 0 Å². The highest BCUT2D eigenvalue weighted by Crippen LogP contribution is 2.36. The molecule has 1 amide bonds. The molecule has 1 aliphatic heterocycles. The monoisotopic (exact) mass is 467 g/mol. The number of thioether (sulfide) groups is 1. The Labute approximate surface area is 194 Å². The number of carbonyl (C=O) groups is 1. The number of hydrogen-bond acceptors (Lipinski definition) is 6. The van der Waals surface area contributed by atoms with Crippen molar-refractivity contribution in [3.8, 4) is 0 Å². The summed E-state index contributed by atoms with van der Waals surface area (Å²) in [4.78, 5) is 18.5. The van der Waals surface area contributed by atoms with Gasteiger partial charge in [0.2, 0.25) is 11.8 Å². The standard InChI is InChI=1S/C23H22ClN5O2S/c1-15(32-23-27-26-20(31-23)14-28-11-5-8-21(28)30)22-25-18-12-17(24)9-10-19(18)29(22)13-16-6-3-2-4-7-16/h2-4,6-7,9-10,12,15H,5,8,11,13-14H2,1H3. The van der Waals surface area contributed by atoms with Crippen LogP contribution in [0.3, 0.4) is 0 Å². The molecule has 4 aromatic rings. The van der Waals surface area contributed by atoms with Crippen LogP contribution in [0.4, 0.5) is 0 Å². The summed E-state index contributed by atoms with van der Waals surface area (Å²) in [6, 6.07) is 16.1. The number of likely N-dealkylation sites (tertiary alicyclic amines) is 1. The van der Waals surface area contributed by atoms with Crippen LogP contribution in [0, 0.1) is 0 Å². The van der Waals surface area contributed by atoms with E-state index in [1.807, 2.05) is 36.4 Å². The average Bonchev–Trinajstić information content (AvgIpc) is 3.49. The van der Waals surface area contributed by atoms with Gasteiger partial charge < -0.3 is 13.9 Å². The molecule has 0 aliphatic carbocycles. The lowest BCUT2D eigenvalue weighted by Gasteiger charge is -2.13. The molecule has 5 rings (SSSR count). The maximum atomic E-state index is 11.9. The molecule has 1 saturated heterocycles. The van der Waals surface area contributed by atoms with Crippen LogP contribution in [0.15, 0.2) is 58.2 Å². The Kier molecular flexibility index (Phi) is 5.89. The molecule has 0 N–H and O–H groups in total. The van der Waals surface area contributed by atoms with Gasteiger partial charge in [0.15, 0.2) is 0 Å². The molecule has 0 bridgehead atoms. The largest absolute Gasteiger partial charge is 0.414 e. The minimum absolute atomic E-state index is 0.0355. The summed E-state index contributed by atoms with van der Waals surface area (Å²) in [5.41, 5.74) is 3.07. The van der Waals surface area contributed by atoms with Crippen molar-refractivity contribution in [2.24, 2.45) is 0 Å². The lowest BCUT2D eigenvalue weighted by atomic mass is 10.2. The first-order valence-corrected chi connectivity index (χ1v) is 11.8. The Morgan fingerprint density at radius 3 is 2.78 bits per heavy atom. The van der Waals surface area contributed by atoms with E-state index in [4.69, 9.17) is 21.0 Å². The van der Waals surface area contributed by atoms with E-state index in [1.54, 1.807) is 4.90 Å². The van der Waals surface area contributed by atoms with Gasteiger partial charge in [0.1, 0.15) is 5.82 Å². The molecule has 164 valence electrons. The second-order valence-electron chi connectivity index (χ2n) is 7.82. The van der Waals surface area contributed by atoms with Gasteiger partial charge in [0, 0.05) is 24.5 Å². The second-order valence-corrected chi connectivity index (χ2v) is 9.54. The molecule has 0 radical (unpaired) electrons. The molecular weight excluding hydrogens is 446 g/mol. The van der Waals surface area contributed by atoms with Crippen LogP contribution in [0.5, 0.6) is 0 Å². The fourth-order valence-electron chi connectivity index (χ4n) is 3.95. The molecule has 7 nitrogen and oxygen atoms in total. The zero-order valence-electron chi connectivity index (χ0n) is 17.6. The summed E-state index contributed by atoms with van der Waals surface area (Å²) >= 11 is 7.68. The van der Waals surface area contributed by atoms with E-state index >= 15 is 0 Å². The number of fused-ring (bicyclic) bond motifs is 1. The van der Waals surface area contributed by atoms with Crippen molar-refractivity contribution in [1.29, 1.82) is 0 Å². The van der Waals surface area contributed by atoms with Crippen molar-refractivity contribution in [1.82, 2.24) is 24.6 Å². The predicted octanol–water partition coefficient (Wildman–Crippen LogP) is 5.10. The summed E-state index contributed by atoms with van der Waals surface area (Å²) in [6.07, 6.45) is 1.47. The van der Waals surface area contributed by atoms with Crippen LogP contribution in [0.25, 0.3) is 11.0 Å². The molecule has 0 saturated carbocycles. The van der Waals surface area contributed by atoms with Gasteiger partial charge in [0.25, 0.3) is 5.22 Å². The third-order valence-electron chi connectivity index (χ3n) is 5.51. The number of rotatable bonds is 7. The first-order chi connectivity index (χ1) is 15.6. The number of aromatic nitrogens is 4. The van der Waals surface area contributed by atoms with E-state index in [9.17, 15) is 4.79 Å². The summed E-state index contributed by atoms with van der Waals surface area (Å²) in [6.45, 7) is 3.88. The van der Waals surface area contributed by atoms with Crippen LogP contribution in [-0.2, 0) is 17.9 Å². The van der Waals surface area contributed by atoms with Crippen LogP contribution >= 0.6 is 23.4 Å². The van der Waals surface area contributed by atoms with Gasteiger partial charge >= 0.3 is 0 Å². The van der Waals surface area contributed by atoms with Gasteiger partial charge in [-0.25, -0.2) is 4.98 Å². The molecule has 1 atom stereocenters. The fourth-order valence-corrected chi connectivity index (χ4v) is 4.94. The van der Waals surface area contributed by atoms with Crippen molar-refractivity contribution >= 4 is 40.3 Å². The zero-order chi connectivity index (χ0) is 22.1. The number of hydrogen-bond donors (Lipinski definition) is 0. The number of benzene rings is 2. The summed E-state index contributed by atoms with van der Waals surface area (Å²) in [5.74, 6) is 1.50. The van der Waals surface area contributed by atoms with Crippen molar-refractivity contribution in [2.45, 2.75) is 43.3 Å². The molecule has 2 aromatic heterocycles. The number of imidazole rings is 1. The molecule has 2 aromatic carbocycles.